The number of benzene rings is 1. The lowest BCUT2D eigenvalue weighted by molar-refractivity contribution is -0.119. The summed E-state index contributed by atoms with van der Waals surface area (Å²) in [5.74, 6) is -0.0733. The van der Waals surface area contributed by atoms with Gasteiger partial charge in [-0.1, -0.05) is 66.8 Å². The van der Waals surface area contributed by atoms with Crippen LogP contribution in [-0.2, 0) is 22.4 Å². The average molecular weight is 538 g/mol. The largest absolute Gasteiger partial charge is 0.402 e. The number of hydrogen-bond donors (Lipinski definition) is 5. The fourth-order valence-corrected chi connectivity index (χ4v) is 4.35. The minimum Gasteiger partial charge on any atom is -0.402 e. The van der Waals surface area contributed by atoms with Crippen molar-refractivity contribution >= 4 is 28.3 Å². The lowest BCUT2D eigenvalue weighted by Gasteiger charge is -2.07. The second-order valence-electron chi connectivity index (χ2n) is 8.97. The number of unbranched alkanes of at least 4 members (excludes halogenated alkanes) is 1. The van der Waals surface area contributed by atoms with Gasteiger partial charge in [0.2, 0.25) is 16.9 Å². The Kier molecular flexibility index (Phi) is 13.0. The Morgan fingerprint density at radius 1 is 1.13 bits per heavy atom. The molecule has 0 aliphatic carbocycles. The third-order valence-electron chi connectivity index (χ3n) is 5.62. The van der Waals surface area contributed by atoms with Gasteiger partial charge in [0.25, 0.3) is 0 Å². The van der Waals surface area contributed by atoms with Gasteiger partial charge in [0.1, 0.15) is 10.8 Å². The molecule has 9 nitrogen and oxygen atoms in total. The zero-order chi connectivity index (χ0) is 27.9. The molecule has 10 heteroatoms. The summed E-state index contributed by atoms with van der Waals surface area (Å²) in [6.07, 6.45) is 11.2. The Hall–Kier alpha value is -3.76. The first-order valence-electron chi connectivity index (χ1n) is 12.7. The first-order chi connectivity index (χ1) is 18.2. The van der Waals surface area contributed by atoms with Gasteiger partial charge in [0.15, 0.2) is 0 Å². The number of nitrogens with one attached hydrogen (secondary N) is 2. The molecule has 1 unspecified atom stereocenters. The first kappa shape index (κ1) is 30.5. The van der Waals surface area contributed by atoms with E-state index in [9.17, 15) is 9.59 Å². The third kappa shape index (κ3) is 11.5. The van der Waals surface area contributed by atoms with E-state index in [-0.39, 0.29) is 36.5 Å². The molecule has 2 rings (SSSR count). The highest BCUT2D eigenvalue weighted by Gasteiger charge is 2.10. The molecule has 204 valence electrons. The van der Waals surface area contributed by atoms with Crippen LogP contribution < -0.4 is 27.8 Å². The van der Waals surface area contributed by atoms with Crippen molar-refractivity contribution in [2.45, 2.75) is 64.8 Å². The number of allylic oxidation sites excluding steroid dienone is 5. The Balaban J connectivity index is 1.72. The second kappa shape index (κ2) is 16.2. The molecule has 0 spiro atoms. The molecule has 0 radical (unpaired) electrons. The van der Waals surface area contributed by atoms with Crippen LogP contribution in [0.15, 0.2) is 72.2 Å². The normalized spacial score (nSPS) is 13.2. The zero-order valence-corrected chi connectivity index (χ0v) is 23.0. The Labute approximate surface area is 229 Å². The van der Waals surface area contributed by atoms with Crippen LogP contribution in [0.2, 0.25) is 0 Å². The van der Waals surface area contributed by atoms with Crippen LogP contribution in [-0.4, -0.2) is 22.0 Å². The second-order valence-corrected chi connectivity index (χ2v) is 10.0. The number of carbonyl (C=O) groups excluding carboxylic acids is 2. The third-order valence-corrected chi connectivity index (χ3v) is 6.52. The Bertz CT molecular complexity index is 1180. The molecule has 0 aliphatic heterocycles. The first-order valence-corrected chi connectivity index (χ1v) is 13.5. The summed E-state index contributed by atoms with van der Waals surface area (Å²) >= 11 is 1.37. The summed E-state index contributed by atoms with van der Waals surface area (Å²) in [7, 11) is 0. The monoisotopic (exact) mass is 537 g/mol. The summed E-state index contributed by atoms with van der Waals surface area (Å²) in [6, 6.07) is 7.62. The van der Waals surface area contributed by atoms with E-state index in [4.69, 9.17) is 17.2 Å². The molecule has 1 aromatic carbocycles. The van der Waals surface area contributed by atoms with Gasteiger partial charge >= 0.3 is 0 Å². The fraction of sp³-hybridized carbons (Fsp3) is 0.357. The number of nitrogens with zero attached hydrogens (tertiary/aromatic N) is 2. The van der Waals surface area contributed by atoms with Gasteiger partial charge in [-0.15, -0.1) is 10.2 Å². The fourth-order valence-electron chi connectivity index (χ4n) is 3.55. The van der Waals surface area contributed by atoms with Crippen LogP contribution >= 0.6 is 11.3 Å². The van der Waals surface area contributed by atoms with Gasteiger partial charge in [0, 0.05) is 24.6 Å². The van der Waals surface area contributed by atoms with E-state index >= 15 is 0 Å². The van der Waals surface area contributed by atoms with E-state index in [1.807, 2.05) is 44.2 Å². The molecule has 0 bridgehead atoms. The van der Waals surface area contributed by atoms with Gasteiger partial charge < -0.3 is 27.8 Å². The van der Waals surface area contributed by atoms with Crippen molar-refractivity contribution < 1.29 is 9.59 Å². The molecule has 1 atom stereocenters. The Morgan fingerprint density at radius 3 is 2.63 bits per heavy atom. The standard InChI is InChI=1S/C28H39N7O2S/c1-4-9-20(5-2)17-25(36)32-24(31)15-14-23(30)12-6-7-13-27-34-35-28(38-27)33-26(37)18-21-10-8-11-22(16-21)19(3)29/h4,8-11,14-16,19H,1,5-7,12-13,17-18,29-31H2,2-3H3,(H,32,36)(H,33,35,37)/b20-9+,23-14-,24-15+. The van der Waals surface area contributed by atoms with Crippen LogP contribution in [0.3, 0.4) is 0 Å². The SMILES string of the molecule is C=C/C=C(\CC)CC(=O)N/C(N)=C/C=C(\N)CCCCc1nnc(NC(=O)Cc2cccc(C(C)N)c2)s1. The predicted octanol–water partition coefficient (Wildman–Crippen LogP) is 4.12. The van der Waals surface area contributed by atoms with E-state index in [0.29, 0.717) is 17.2 Å². The van der Waals surface area contributed by atoms with Crippen molar-refractivity contribution in [2.75, 3.05) is 5.32 Å². The highest BCUT2D eigenvalue weighted by Crippen LogP contribution is 2.19. The average Bonchev–Trinajstić information content (AvgIpc) is 3.32. The molecule has 8 N–H and O–H groups in total. The van der Waals surface area contributed by atoms with Gasteiger partial charge in [0.05, 0.1) is 6.42 Å². The molecule has 0 saturated carbocycles. The van der Waals surface area contributed by atoms with E-state index in [0.717, 1.165) is 47.4 Å². The van der Waals surface area contributed by atoms with Crippen molar-refractivity contribution in [3.8, 4) is 0 Å². The van der Waals surface area contributed by atoms with Crippen molar-refractivity contribution in [1.82, 2.24) is 15.5 Å². The number of aryl methyl sites for hydroxylation is 1. The number of nitrogens with two attached hydrogens (primary N) is 3. The zero-order valence-electron chi connectivity index (χ0n) is 22.2. The van der Waals surface area contributed by atoms with Crippen LogP contribution in [0.25, 0.3) is 0 Å². The molecule has 1 heterocycles. The molecule has 0 saturated heterocycles. The van der Waals surface area contributed by atoms with Crippen molar-refractivity contribution in [1.29, 1.82) is 0 Å². The lowest BCUT2D eigenvalue weighted by Crippen LogP contribution is -2.27. The molecule has 2 aromatic rings. The number of amides is 2. The van der Waals surface area contributed by atoms with Crippen molar-refractivity contribution in [3.63, 3.8) is 0 Å². The van der Waals surface area contributed by atoms with E-state index in [1.54, 1.807) is 18.2 Å². The maximum Gasteiger partial charge on any atom is 0.230 e. The summed E-state index contributed by atoms with van der Waals surface area (Å²) in [6.45, 7) is 7.55. The van der Waals surface area contributed by atoms with Crippen LogP contribution in [0.4, 0.5) is 5.13 Å². The van der Waals surface area contributed by atoms with Crippen molar-refractivity contribution in [2.24, 2.45) is 17.2 Å². The van der Waals surface area contributed by atoms with Crippen LogP contribution in [0, 0.1) is 0 Å². The summed E-state index contributed by atoms with van der Waals surface area (Å²) < 4.78 is 0. The highest BCUT2D eigenvalue weighted by molar-refractivity contribution is 7.15. The maximum absolute atomic E-state index is 12.4. The van der Waals surface area contributed by atoms with Crippen LogP contribution in [0.5, 0.6) is 0 Å². The topological polar surface area (TPSA) is 162 Å². The molecule has 38 heavy (non-hydrogen) atoms. The van der Waals surface area contributed by atoms with Gasteiger partial charge in [-0.3, -0.25) is 9.59 Å². The van der Waals surface area contributed by atoms with Gasteiger partial charge in [-0.2, -0.15) is 0 Å². The summed E-state index contributed by atoms with van der Waals surface area (Å²) in [5.41, 5.74) is 21.4. The minimum atomic E-state index is -0.177. The smallest absolute Gasteiger partial charge is 0.230 e. The number of rotatable bonds is 15. The quantitative estimate of drug-likeness (QED) is 0.168. The molecule has 0 fully saturated rings. The van der Waals surface area contributed by atoms with E-state index in [2.05, 4.69) is 27.4 Å². The van der Waals surface area contributed by atoms with Crippen molar-refractivity contribution in [3.05, 3.63) is 88.4 Å². The van der Waals surface area contributed by atoms with Gasteiger partial charge in [-0.05, 0) is 55.9 Å². The summed E-state index contributed by atoms with van der Waals surface area (Å²) in [4.78, 5) is 24.5. The molecule has 0 aliphatic rings. The molecular formula is C28H39N7O2S. The highest BCUT2D eigenvalue weighted by atomic mass is 32.1. The maximum atomic E-state index is 12.4. The molecule has 1 aromatic heterocycles. The molecule has 2 amide bonds. The number of anilines is 1. The predicted molar refractivity (Wildman–Crippen MR) is 155 cm³/mol. The van der Waals surface area contributed by atoms with E-state index < -0.39 is 0 Å². The lowest BCUT2D eigenvalue weighted by atomic mass is 10.0. The number of carbonyl (C=O) groups is 2. The number of aromatic nitrogens is 2. The summed E-state index contributed by atoms with van der Waals surface area (Å²) in [5, 5.41) is 15.1. The van der Waals surface area contributed by atoms with Crippen LogP contribution in [0.1, 0.15) is 68.1 Å². The Morgan fingerprint density at radius 2 is 1.92 bits per heavy atom. The van der Waals surface area contributed by atoms with E-state index in [1.165, 1.54) is 11.3 Å². The molecular weight excluding hydrogens is 498 g/mol. The van der Waals surface area contributed by atoms with Gasteiger partial charge in [-0.25, -0.2) is 0 Å². The number of hydrogen-bond acceptors (Lipinski definition) is 8. The minimum absolute atomic E-state index is 0.0821.